The number of halogens is 3. The predicted molar refractivity (Wildman–Crippen MR) is 63.9 cm³/mol. The van der Waals surface area contributed by atoms with Crippen molar-refractivity contribution in [2.75, 3.05) is 0 Å². The lowest BCUT2D eigenvalue weighted by molar-refractivity contribution is -0.137. The lowest BCUT2D eigenvalue weighted by atomic mass is 10.1. The van der Waals surface area contributed by atoms with E-state index in [1.54, 1.807) is 6.92 Å². The highest BCUT2D eigenvalue weighted by atomic mass is 19.4. The highest BCUT2D eigenvalue weighted by Crippen LogP contribution is 2.33. The van der Waals surface area contributed by atoms with Gasteiger partial charge >= 0.3 is 6.18 Å². The van der Waals surface area contributed by atoms with Crippen LogP contribution >= 0.6 is 0 Å². The molecule has 0 fully saturated rings. The van der Waals surface area contributed by atoms with Crippen molar-refractivity contribution in [3.63, 3.8) is 0 Å². The first-order valence-corrected chi connectivity index (χ1v) is 5.58. The molecule has 100 valence electrons. The number of alkyl halides is 3. The molecule has 0 saturated carbocycles. The van der Waals surface area contributed by atoms with Gasteiger partial charge in [-0.15, -0.1) is 0 Å². The Labute approximate surface area is 107 Å². The summed E-state index contributed by atoms with van der Waals surface area (Å²) in [6.07, 6.45) is -4.40. The molecule has 0 N–H and O–H groups in total. The van der Waals surface area contributed by atoms with E-state index in [0.717, 1.165) is 12.1 Å². The van der Waals surface area contributed by atoms with Crippen LogP contribution in [0.2, 0.25) is 0 Å². The number of rotatable bonds is 2. The van der Waals surface area contributed by atoms with Gasteiger partial charge in [-0.1, -0.05) is 12.1 Å². The summed E-state index contributed by atoms with van der Waals surface area (Å²) >= 11 is 0. The van der Waals surface area contributed by atoms with E-state index < -0.39 is 11.7 Å². The summed E-state index contributed by atoms with van der Waals surface area (Å²) in [5.74, 6) is 0.480. The van der Waals surface area contributed by atoms with Crippen LogP contribution in [0.4, 0.5) is 13.2 Å². The van der Waals surface area contributed by atoms with E-state index in [9.17, 15) is 18.0 Å². The van der Waals surface area contributed by atoms with E-state index in [0.29, 0.717) is 16.9 Å². The fourth-order valence-electron chi connectivity index (χ4n) is 1.82. The molecule has 1 aromatic carbocycles. The zero-order valence-corrected chi connectivity index (χ0v) is 10.3. The summed E-state index contributed by atoms with van der Waals surface area (Å²) in [4.78, 5) is 11.3. The van der Waals surface area contributed by atoms with Gasteiger partial charge in [0.25, 0.3) is 0 Å². The molecule has 0 aliphatic rings. The molecule has 0 spiro atoms. The topological polar surface area (TPSA) is 30.2 Å². The van der Waals surface area contributed by atoms with Crippen LogP contribution in [0.5, 0.6) is 0 Å². The molecule has 1 heterocycles. The Morgan fingerprint density at radius 2 is 1.89 bits per heavy atom. The summed E-state index contributed by atoms with van der Waals surface area (Å²) in [5.41, 5.74) is -0.0683. The first-order chi connectivity index (χ1) is 8.79. The molecule has 2 nitrogen and oxygen atoms in total. The van der Waals surface area contributed by atoms with Crippen molar-refractivity contribution in [3.05, 3.63) is 47.2 Å². The normalized spacial score (nSPS) is 11.6. The first-order valence-electron chi connectivity index (χ1n) is 5.58. The minimum absolute atomic E-state index is 0.181. The molecule has 0 saturated heterocycles. The Hall–Kier alpha value is -2.04. The number of aryl methyl sites for hydroxylation is 1. The molecule has 0 aliphatic heterocycles. The van der Waals surface area contributed by atoms with Gasteiger partial charge in [-0.05, 0) is 32.0 Å². The Morgan fingerprint density at radius 3 is 2.42 bits per heavy atom. The quantitative estimate of drug-likeness (QED) is 0.752. The fourth-order valence-corrected chi connectivity index (χ4v) is 1.82. The Bertz CT molecular complexity index is 624. The Morgan fingerprint density at radius 1 is 1.21 bits per heavy atom. The minimum atomic E-state index is -4.40. The number of ketones is 1. The summed E-state index contributed by atoms with van der Waals surface area (Å²) in [7, 11) is 0. The maximum absolute atomic E-state index is 12.6. The average Bonchev–Trinajstić information content (AvgIpc) is 2.70. The van der Waals surface area contributed by atoms with Crippen LogP contribution < -0.4 is 0 Å². The van der Waals surface area contributed by atoms with Crippen LogP contribution in [0.25, 0.3) is 11.3 Å². The van der Waals surface area contributed by atoms with Crippen LogP contribution in [0, 0.1) is 6.92 Å². The number of carbonyl (C=O) groups excluding carboxylic acids is 1. The molecule has 5 heteroatoms. The van der Waals surface area contributed by atoms with Gasteiger partial charge in [0.1, 0.15) is 11.5 Å². The molecule has 2 aromatic rings. The lowest BCUT2D eigenvalue weighted by Crippen LogP contribution is -2.04. The number of carbonyl (C=O) groups is 1. The smallest absolute Gasteiger partial charge is 0.416 e. The maximum Gasteiger partial charge on any atom is 0.416 e. The number of benzene rings is 1. The van der Waals surface area contributed by atoms with Gasteiger partial charge in [-0.2, -0.15) is 13.2 Å². The maximum atomic E-state index is 12.6. The molecule has 0 bridgehead atoms. The van der Waals surface area contributed by atoms with Gasteiger partial charge in [-0.3, -0.25) is 4.79 Å². The van der Waals surface area contributed by atoms with Gasteiger partial charge in [0.15, 0.2) is 5.78 Å². The Kier molecular flexibility index (Phi) is 3.22. The van der Waals surface area contributed by atoms with Crippen LogP contribution in [0.1, 0.15) is 28.6 Å². The van der Waals surface area contributed by atoms with E-state index in [-0.39, 0.29) is 11.5 Å². The molecule has 0 amide bonds. The second-order valence-corrected chi connectivity index (χ2v) is 4.22. The number of hydrogen-bond donors (Lipinski definition) is 0. The van der Waals surface area contributed by atoms with Crippen LogP contribution in [0.3, 0.4) is 0 Å². The zero-order chi connectivity index (χ0) is 14.2. The summed E-state index contributed by atoms with van der Waals surface area (Å²) in [6.45, 7) is 2.99. The van der Waals surface area contributed by atoms with Crippen molar-refractivity contribution in [3.8, 4) is 11.3 Å². The van der Waals surface area contributed by atoms with Crippen LogP contribution in [0.15, 0.2) is 34.7 Å². The van der Waals surface area contributed by atoms with Gasteiger partial charge < -0.3 is 4.42 Å². The van der Waals surface area contributed by atoms with Gasteiger partial charge in [0.05, 0.1) is 11.1 Å². The second-order valence-electron chi connectivity index (χ2n) is 4.22. The lowest BCUT2D eigenvalue weighted by Gasteiger charge is -2.07. The number of hydrogen-bond acceptors (Lipinski definition) is 2. The molecule has 0 atom stereocenters. The van der Waals surface area contributed by atoms with Crippen LogP contribution in [-0.4, -0.2) is 5.78 Å². The molecule has 0 radical (unpaired) electrons. The van der Waals surface area contributed by atoms with Crippen LogP contribution in [-0.2, 0) is 6.18 Å². The molecule has 0 aliphatic carbocycles. The molecule has 2 rings (SSSR count). The van der Waals surface area contributed by atoms with Crippen molar-refractivity contribution in [2.24, 2.45) is 0 Å². The molecule has 0 unspecified atom stereocenters. The molecular weight excluding hydrogens is 257 g/mol. The van der Waals surface area contributed by atoms with Gasteiger partial charge in [0.2, 0.25) is 0 Å². The van der Waals surface area contributed by atoms with Gasteiger partial charge in [0, 0.05) is 5.56 Å². The van der Waals surface area contributed by atoms with Crippen molar-refractivity contribution < 1.29 is 22.4 Å². The van der Waals surface area contributed by atoms with Crippen molar-refractivity contribution in [2.45, 2.75) is 20.0 Å². The summed E-state index contributed by atoms with van der Waals surface area (Å²) in [5, 5.41) is 0. The van der Waals surface area contributed by atoms with E-state index in [4.69, 9.17) is 4.42 Å². The molecular formula is C14H11F3O2. The highest BCUT2D eigenvalue weighted by Gasteiger charge is 2.30. The Balaban J connectivity index is 2.48. The van der Waals surface area contributed by atoms with Crippen molar-refractivity contribution in [1.82, 2.24) is 0 Å². The molecule has 1 aromatic heterocycles. The first kappa shape index (κ1) is 13.4. The summed E-state index contributed by atoms with van der Waals surface area (Å²) in [6, 6.07) is 6.28. The fraction of sp³-hybridized carbons (Fsp3) is 0.214. The van der Waals surface area contributed by atoms with Gasteiger partial charge in [-0.25, -0.2) is 0 Å². The summed E-state index contributed by atoms with van der Waals surface area (Å²) < 4.78 is 43.2. The third-order valence-electron chi connectivity index (χ3n) is 2.77. The van der Waals surface area contributed by atoms with Crippen molar-refractivity contribution in [1.29, 1.82) is 0 Å². The van der Waals surface area contributed by atoms with E-state index in [1.807, 2.05) is 0 Å². The zero-order valence-electron chi connectivity index (χ0n) is 10.3. The number of Topliss-reactive ketones (excluding diaryl/α,β-unsaturated/α-hetero) is 1. The average molecular weight is 268 g/mol. The van der Waals surface area contributed by atoms with E-state index in [2.05, 4.69) is 0 Å². The second kappa shape index (κ2) is 4.57. The van der Waals surface area contributed by atoms with E-state index >= 15 is 0 Å². The minimum Gasteiger partial charge on any atom is -0.461 e. The predicted octanol–water partition coefficient (Wildman–Crippen LogP) is 4.48. The third kappa shape index (κ3) is 2.70. The van der Waals surface area contributed by atoms with Crippen molar-refractivity contribution >= 4 is 5.78 Å². The SMILES string of the molecule is CC(=O)c1cc(-c2cccc(C(F)(F)F)c2)oc1C. The standard InChI is InChI=1S/C14H11F3O2/c1-8(18)12-7-13(19-9(12)2)10-4-3-5-11(6-10)14(15,16)17/h3-7H,1-2H3. The third-order valence-corrected chi connectivity index (χ3v) is 2.77. The largest absolute Gasteiger partial charge is 0.461 e. The van der Waals surface area contributed by atoms with E-state index in [1.165, 1.54) is 25.1 Å². The number of furan rings is 1. The highest BCUT2D eigenvalue weighted by molar-refractivity contribution is 5.96. The monoisotopic (exact) mass is 268 g/mol. The molecule has 19 heavy (non-hydrogen) atoms.